The normalized spacial score (nSPS) is 18.0. The molecule has 0 heterocycles. The van der Waals surface area contributed by atoms with Crippen LogP contribution >= 0.6 is 11.6 Å². The van der Waals surface area contributed by atoms with Gasteiger partial charge in [0, 0.05) is 23.1 Å². The van der Waals surface area contributed by atoms with Crippen LogP contribution in [0.25, 0.3) is 0 Å². The minimum atomic E-state index is 0.376. The van der Waals surface area contributed by atoms with Gasteiger partial charge in [-0.3, -0.25) is 0 Å². The van der Waals surface area contributed by atoms with E-state index in [1.165, 1.54) is 0 Å². The molecular weight excluding hydrogens is 214 g/mol. The topological polar surface area (TPSA) is 44.5 Å². The van der Waals surface area contributed by atoms with Gasteiger partial charge in [-0.1, -0.05) is 11.6 Å². The second-order valence-corrected chi connectivity index (χ2v) is 4.03. The predicted molar refractivity (Wildman–Crippen MR) is 60.1 cm³/mol. The van der Waals surface area contributed by atoms with Gasteiger partial charge >= 0.3 is 0 Å². The average molecular weight is 228 g/mol. The van der Waals surface area contributed by atoms with Gasteiger partial charge in [-0.2, -0.15) is 0 Å². The van der Waals surface area contributed by atoms with Gasteiger partial charge < -0.3 is 15.2 Å². The smallest absolute Gasteiger partial charge is 0.141 e. The number of hydrogen-bond acceptors (Lipinski definition) is 3. The van der Waals surface area contributed by atoms with E-state index in [1.54, 1.807) is 20.3 Å². The van der Waals surface area contributed by atoms with Crippen LogP contribution in [-0.2, 0) is 6.42 Å². The van der Waals surface area contributed by atoms with E-state index >= 15 is 0 Å². The van der Waals surface area contributed by atoms with Crippen LogP contribution in [-0.4, -0.2) is 20.8 Å². The van der Waals surface area contributed by atoms with E-state index in [1.807, 2.05) is 0 Å². The summed E-state index contributed by atoms with van der Waals surface area (Å²) < 4.78 is 10.6. The van der Waals surface area contributed by atoms with Crippen molar-refractivity contribution in [1.82, 2.24) is 0 Å². The Morgan fingerprint density at radius 2 is 2.20 bits per heavy atom. The Balaban J connectivity index is 2.54. The summed E-state index contributed by atoms with van der Waals surface area (Å²) in [6.45, 7) is 0.633. The molecule has 0 spiro atoms. The predicted octanol–water partition coefficient (Wildman–Crippen LogP) is 1.96. The first-order valence-corrected chi connectivity index (χ1v) is 5.24. The van der Waals surface area contributed by atoms with Crippen molar-refractivity contribution in [3.8, 4) is 11.5 Å². The fourth-order valence-electron chi connectivity index (χ4n) is 2.13. The van der Waals surface area contributed by atoms with Crippen molar-refractivity contribution in [2.75, 3.05) is 20.8 Å². The molecule has 1 unspecified atom stereocenters. The number of rotatable bonds is 3. The lowest BCUT2D eigenvalue weighted by atomic mass is 9.76. The first kappa shape index (κ1) is 10.6. The van der Waals surface area contributed by atoms with E-state index in [2.05, 4.69) is 0 Å². The average Bonchev–Trinajstić information content (AvgIpc) is 2.20. The van der Waals surface area contributed by atoms with Crippen molar-refractivity contribution in [2.45, 2.75) is 12.3 Å². The van der Waals surface area contributed by atoms with Gasteiger partial charge in [0.1, 0.15) is 11.5 Å². The third-order valence-electron chi connectivity index (χ3n) is 2.91. The highest BCUT2D eigenvalue weighted by atomic mass is 35.5. The van der Waals surface area contributed by atoms with E-state index in [-0.39, 0.29) is 0 Å². The molecule has 0 saturated heterocycles. The second kappa shape index (κ2) is 3.91. The lowest BCUT2D eigenvalue weighted by molar-refractivity contribution is 0.377. The first-order chi connectivity index (χ1) is 7.22. The minimum Gasteiger partial charge on any atom is -0.496 e. The van der Waals surface area contributed by atoms with Crippen LogP contribution in [0.1, 0.15) is 17.0 Å². The molecule has 0 fully saturated rings. The zero-order valence-electron chi connectivity index (χ0n) is 8.84. The molecule has 2 N–H and O–H groups in total. The van der Waals surface area contributed by atoms with Crippen molar-refractivity contribution < 1.29 is 9.47 Å². The van der Waals surface area contributed by atoms with E-state index in [9.17, 15) is 0 Å². The largest absolute Gasteiger partial charge is 0.496 e. The Hall–Kier alpha value is -0.930. The van der Waals surface area contributed by atoms with E-state index in [0.29, 0.717) is 17.5 Å². The fraction of sp³-hybridized carbons (Fsp3) is 0.455. The van der Waals surface area contributed by atoms with Gasteiger partial charge in [0.05, 0.1) is 19.2 Å². The molecule has 1 aromatic carbocycles. The summed E-state index contributed by atoms with van der Waals surface area (Å²) in [5, 5.41) is 0.601. The van der Waals surface area contributed by atoms with Crippen LogP contribution < -0.4 is 15.2 Å². The van der Waals surface area contributed by atoms with Gasteiger partial charge in [0.2, 0.25) is 0 Å². The standard InChI is InChI=1S/C11H14ClNO2/c1-14-9-4-8(12)11(15-2)7-3-6(5-13)10(7)9/h4,6H,3,5,13H2,1-2H3. The number of methoxy groups -OCH3 is 2. The van der Waals surface area contributed by atoms with Crippen molar-refractivity contribution in [3.63, 3.8) is 0 Å². The molecule has 4 heteroatoms. The first-order valence-electron chi connectivity index (χ1n) is 4.86. The lowest BCUT2D eigenvalue weighted by Crippen LogP contribution is -2.26. The van der Waals surface area contributed by atoms with Crippen molar-refractivity contribution in [3.05, 3.63) is 22.2 Å². The van der Waals surface area contributed by atoms with Crippen molar-refractivity contribution >= 4 is 11.6 Å². The Kier molecular flexibility index (Phi) is 2.76. The molecule has 1 atom stereocenters. The molecule has 0 bridgehead atoms. The van der Waals surface area contributed by atoms with E-state index < -0.39 is 0 Å². The fourth-order valence-corrected chi connectivity index (χ4v) is 2.42. The molecule has 0 saturated carbocycles. The Bertz CT molecular complexity index is 393. The molecule has 1 aliphatic carbocycles. The summed E-state index contributed by atoms with van der Waals surface area (Å²) in [4.78, 5) is 0. The molecular formula is C11H14ClNO2. The number of fused-ring (bicyclic) bond motifs is 1. The number of ether oxygens (including phenoxy) is 2. The Morgan fingerprint density at radius 1 is 1.47 bits per heavy atom. The van der Waals surface area contributed by atoms with E-state index in [4.69, 9.17) is 26.8 Å². The molecule has 0 aromatic heterocycles. The molecule has 15 heavy (non-hydrogen) atoms. The van der Waals surface area contributed by atoms with Crippen LogP contribution in [0.2, 0.25) is 5.02 Å². The van der Waals surface area contributed by atoms with Crippen molar-refractivity contribution in [1.29, 1.82) is 0 Å². The molecule has 82 valence electrons. The molecule has 1 aromatic rings. The van der Waals surface area contributed by atoms with Crippen LogP contribution in [0, 0.1) is 0 Å². The number of benzene rings is 1. The van der Waals surface area contributed by atoms with Gasteiger partial charge in [-0.15, -0.1) is 0 Å². The lowest BCUT2D eigenvalue weighted by Gasteiger charge is -2.32. The maximum absolute atomic E-state index is 6.07. The second-order valence-electron chi connectivity index (χ2n) is 3.62. The van der Waals surface area contributed by atoms with Gasteiger partial charge in [-0.05, 0) is 13.0 Å². The zero-order chi connectivity index (χ0) is 11.0. The summed E-state index contributed by atoms with van der Waals surface area (Å²) in [6.07, 6.45) is 0.923. The number of nitrogens with two attached hydrogens (primary N) is 1. The zero-order valence-corrected chi connectivity index (χ0v) is 9.60. The SMILES string of the molecule is COc1cc(Cl)c(OC)c2c1C(CN)C2. The highest BCUT2D eigenvalue weighted by Gasteiger charge is 2.33. The molecule has 0 aliphatic heterocycles. The van der Waals surface area contributed by atoms with Crippen LogP contribution in [0.5, 0.6) is 11.5 Å². The number of hydrogen-bond donors (Lipinski definition) is 1. The van der Waals surface area contributed by atoms with Crippen molar-refractivity contribution in [2.24, 2.45) is 5.73 Å². The Labute approximate surface area is 94.1 Å². The minimum absolute atomic E-state index is 0.376. The maximum Gasteiger partial charge on any atom is 0.141 e. The van der Waals surface area contributed by atoms with Crippen LogP contribution in [0.15, 0.2) is 6.07 Å². The molecule has 0 amide bonds. The van der Waals surface area contributed by atoms with Gasteiger partial charge in [-0.25, -0.2) is 0 Å². The highest BCUT2D eigenvalue weighted by Crippen LogP contribution is 2.49. The third-order valence-corrected chi connectivity index (χ3v) is 3.19. The summed E-state index contributed by atoms with van der Waals surface area (Å²) in [5.74, 6) is 1.95. The quantitative estimate of drug-likeness (QED) is 0.859. The summed E-state index contributed by atoms with van der Waals surface area (Å²) >= 11 is 6.07. The summed E-state index contributed by atoms with van der Waals surface area (Å²) in [6, 6.07) is 1.79. The Morgan fingerprint density at radius 3 is 2.73 bits per heavy atom. The van der Waals surface area contributed by atoms with Gasteiger partial charge in [0.15, 0.2) is 0 Å². The highest BCUT2D eigenvalue weighted by molar-refractivity contribution is 6.32. The molecule has 3 nitrogen and oxygen atoms in total. The molecule has 1 aliphatic rings. The van der Waals surface area contributed by atoms with E-state index in [0.717, 1.165) is 29.0 Å². The number of halogens is 1. The molecule has 0 radical (unpaired) electrons. The maximum atomic E-state index is 6.07. The van der Waals surface area contributed by atoms with Gasteiger partial charge in [0.25, 0.3) is 0 Å². The van der Waals surface area contributed by atoms with Crippen LogP contribution in [0.4, 0.5) is 0 Å². The van der Waals surface area contributed by atoms with Crippen LogP contribution in [0.3, 0.4) is 0 Å². The molecule has 2 rings (SSSR count). The monoisotopic (exact) mass is 227 g/mol. The summed E-state index contributed by atoms with van der Waals surface area (Å²) in [5.41, 5.74) is 7.96. The summed E-state index contributed by atoms with van der Waals surface area (Å²) in [7, 11) is 3.27. The third kappa shape index (κ3) is 1.46.